The minimum Gasteiger partial charge on any atom is -0.329 e. The lowest BCUT2D eigenvalue weighted by Crippen LogP contribution is -2.61. The van der Waals surface area contributed by atoms with Crippen molar-refractivity contribution in [1.82, 2.24) is 9.80 Å². The first-order valence-electron chi connectivity index (χ1n) is 7.74. The lowest BCUT2D eigenvalue weighted by Gasteiger charge is -2.52. The van der Waals surface area contributed by atoms with E-state index in [9.17, 15) is 0 Å². The Labute approximate surface area is 113 Å². The van der Waals surface area contributed by atoms with Crippen molar-refractivity contribution in [1.29, 1.82) is 0 Å². The third kappa shape index (κ3) is 2.59. The number of nitrogens with two attached hydrogens (primary N) is 1. The maximum absolute atomic E-state index is 6.25. The summed E-state index contributed by atoms with van der Waals surface area (Å²) in [5.41, 5.74) is 6.53. The highest BCUT2D eigenvalue weighted by Crippen LogP contribution is 2.41. The van der Waals surface area contributed by atoms with Crippen molar-refractivity contribution < 1.29 is 0 Å². The summed E-state index contributed by atoms with van der Waals surface area (Å²) < 4.78 is 0. The molecule has 3 nitrogen and oxygen atoms in total. The zero-order valence-electron chi connectivity index (χ0n) is 12.5. The molecule has 0 aromatic carbocycles. The molecule has 2 aliphatic rings. The Hall–Kier alpha value is -0.120. The fourth-order valence-electron chi connectivity index (χ4n) is 4.09. The standard InChI is InChI=1S/C15H31N3/c1-13-6-4-7-15(12-16,14(13)2)18-9-5-8-17(3)10-11-18/h13-14H,4-12,16H2,1-3H3. The van der Waals surface area contributed by atoms with Gasteiger partial charge in [-0.1, -0.05) is 26.7 Å². The molecule has 1 saturated heterocycles. The summed E-state index contributed by atoms with van der Waals surface area (Å²) in [4.78, 5) is 5.19. The molecule has 106 valence electrons. The molecule has 1 aliphatic carbocycles. The second-order valence-electron chi connectivity index (χ2n) is 6.61. The minimum absolute atomic E-state index is 0.281. The van der Waals surface area contributed by atoms with E-state index in [0.29, 0.717) is 0 Å². The van der Waals surface area contributed by atoms with Crippen molar-refractivity contribution in [2.45, 2.75) is 45.1 Å². The van der Waals surface area contributed by atoms with Gasteiger partial charge in [-0.05, 0) is 38.3 Å². The van der Waals surface area contributed by atoms with Crippen LogP contribution in [-0.2, 0) is 0 Å². The van der Waals surface area contributed by atoms with E-state index in [1.165, 1.54) is 51.9 Å². The second-order valence-corrected chi connectivity index (χ2v) is 6.61. The highest BCUT2D eigenvalue weighted by molar-refractivity contribution is 5.01. The first-order valence-corrected chi connectivity index (χ1v) is 7.74. The summed E-state index contributed by atoms with van der Waals surface area (Å²) in [6, 6.07) is 0. The Morgan fingerprint density at radius 3 is 2.61 bits per heavy atom. The van der Waals surface area contributed by atoms with E-state index < -0.39 is 0 Å². The molecule has 1 aliphatic heterocycles. The molecule has 3 heteroatoms. The van der Waals surface area contributed by atoms with Crippen molar-refractivity contribution in [2.75, 3.05) is 39.8 Å². The summed E-state index contributed by atoms with van der Waals surface area (Å²) in [5, 5.41) is 0. The molecule has 1 saturated carbocycles. The number of likely N-dealkylation sites (N-methyl/N-ethyl adjacent to an activating group) is 1. The van der Waals surface area contributed by atoms with Crippen LogP contribution >= 0.6 is 0 Å². The zero-order valence-corrected chi connectivity index (χ0v) is 12.5. The molecule has 0 aromatic rings. The van der Waals surface area contributed by atoms with Gasteiger partial charge in [-0.15, -0.1) is 0 Å². The Morgan fingerprint density at radius 2 is 1.89 bits per heavy atom. The quantitative estimate of drug-likeness (QED) is 0.814. The molecule has 3 atom stereocenters. The van der Waals surface area contributed by atoms with Crippen LogP contribution in [0.25, 0.3) is 0 Å². The lowest BCUT2D eigenvalue weighted by atomic mass is 9.67. The van der Waals surface area contributed by atoms with Gasteiger partial charge in [0.2, 0.25) is 0 Å². The molecule has 0 amide bonds. The molecule has 0 radical (unpaired) electrons. The average molecular weight is 253 g/mol. The van der Waals surface area contributed by atoms with Gasteiger partial charge in [0.05, 0.1) is 0 Å². The van der Waals surface area contributed by atoms with Crippen LogP contribution in [0, 0.1) is 11.8 Å². The topological polar surface area (TPSA) is 32.5 Å². The number of nitrogens with zero attached hydrogens (tertiary/aromatic N) is 2. The average Bonchev–Trinajstić information content (AvgIpc) is 2.58. The second kappa shape index (κ2) is 5.89. The maximum Gasteiger partial charge on any atom is 0.0360 e. The zero-order chi connectivity index (χ0) is 13.2. The Morgan fingerprint density at radius 1 is 1.11 bits per heavy atom. The fraction of sp³-hybridized carbons (Fsp3) is 1.00. The van der Waals surface area contributed by atoms with E-state index >= 15 is 0 Å². The van der Waals surface area contributed by atoms with Gasteiger partial charge in [0.15, 0.2) is 0 Å². The predicted molar refractivity (Wildman–Crippen MR) is 77.7 cm³/mol. The third-order valence-corrected chi connectivity index (χ3v) is 5.67. The first kappa shape index (κ1) is 14.3. The van der Waals surface area contributed by atoms with Crippen LogP contribution in [0.5, 0.6) is 0 Å². The summed E-state index contributed by atoms with van der Waals surface area (Å²) in [6.45, 7) is 10.6. The van der Waals surface area contributed by atoms with E-state index in [0.717, 1.165) is 18.4 Å². The SMILES string of the molecule is CC1CCCC(CN)(N2CCCN(C)CC2)C1C. The number of rotatable bonds is 2. The Bertz CT molecular complexity index is 268. The third-order valence-electron chi connectivity index (χ3n) is 5.67. The van der Waals surface area contributed by atoms with E-state index in [1.54, 1.807) is 0 Å². The van der Waals surface area contributed by atoms with E-state index in [2.05, 4.69) is 30.7 Å². The van der Waals surface area contributed by atoms with Gasteiger partial charge >= 0.3 is 0 Å². The number of hydrogen-bond acceptors (Lipinski definition) is 3. The number of hydrogen-bond donors (Lipinski definition) is 1. The molecule has 0 spiro atoms. The molecular formula is C15H31N3. The lowest BCUT2D eigenvalue weighted by molar-refractivity contribution is -0.00802. The summed E-state index contributed by atoms with van der Waals surface area (Å²) in [7, 11) is 2.24. The van der Waals surface area contributed by atoms with Crippen molar-refractivity contribution in [3.63, 3.8) is 0 Å². The predicted octanol–water partition coefficient (Wildman–Crippen LogP) is 1.78. The summed E-state index contributed by atoms with van der Waals surface area (Å²) in [5.74, 6) is 1.56. The van der Waals surface area contributed by atoms with Crippen LogP contribution in [0.2, 0.25) is 0 Å². The minimum atomic E-state index is 0.281. The van der Waals surface area contributed by atoms with Gasteiger partial charge in [0.25, 0.3) is 0 Å². The van der Waals surface area contributed by atoms with Gasteiger partial charge in [-0.25, -0.2) is 0 Å². The van der Waals surface area contributed by atoms with Crippen LogP contribution < -0.4 is 5.73 Å². The van der Waals surface area contributed by atoms with Crippen LogP contribution in [-0.4, -0.2) is 55.1 Å². The fourth-order valence-corrected chi connectivity index (χ4v) is 4.09. The largest absolute Gasteiger partial charge is 0.329 e. The Kier molecular flexibility index (Phi) is 4.68. The monoisotopic (exact) mass is 253 g/mol. The van der Waals surface area contributed by atoms with Crippen LogP contribution in [0.1, 0.15) is 39.5 Å². The molecular weight excluding hydrogens is 222 g/mol. The van der Waals surface area contributed by atoms with Crippen molar-refractivity contribution in [3.8, 4) is 0 Å². The highest BCUT2D eigenvalue weighted by atomic mass is 15.3. The molecule has 0 bridgehead atoms. The van der Waals surface area contributed by atoms with E-state index in [-0.39, 0.29) is 5.54 Å². The molecule has 2 fully saturated rings. The molecule has 0 aromatic heterocycles. The molecule has 18 heavy (non-hydrogen) atoms. The molecule has 3 unspecified atom stereocenters. The van der Waals surface area contributed by atoms with Crippen LogP contribution in [0.4, 0.5) is 0 Å². The summed E-state index contributed by atoms with van der Waals surface area (Å²) >= 11 is 0. The van der Waals surface area contributed by atoms with E-state index in [4.69, 9.17) is 5.73 Å². The summed E-state index contributed by atoms with van der Waals surface area (Å²) in [6.07, 6.45) is 5.34. The molecule has 2 rings (SSSR count). The van der Waals surface area contributed by atoms with Crippen molar-refractivity contribution in [3.05, 3.63) is 0 Å². The van der Waals surface area contributed by atoms with Gasteiger partial charge in [0, 0.05) is 31.7 Å². The van der Waals surface area contributed by atoms with Gasteiger partial charge in [-0.2, -0.15) is 0 Å². The first-order chi connectivity index (χ1) is 8.60. The van der Waals surface area contributed by atoms with Crippen molar-refractivity contribution in [2.24, 2.45) is 17.6 Å². The van der Waals surface area contributed by atoms with Gasteiger partial charge in [-0.3, -0.25) is 4.90 Å². The maximum atomic E-state index is 6.25. The van der Waals surface area contributed by atoms with Gasteiger partial charge in [0.1, 0.15) is 0 Å². The van der Waals surface area contributed by atoms with Crippen LogP contribution in [0.3, 0.4) is 0 Å². The normalized spacial score (nSPS) is 40.7. The Balaban J connectivity index is 2.14. The van der Waals surface area contributed by atoms with Crippen LogP contribution in [0.15, 0.2) is 0 Å². The van der Waals surface area contributed by atoms with E-state index in [1.807, 2.05) is 0 Å². The van der Waals surface area contributed by atoms with Crippen molar-refractivity contribution >= 4 is 0 Å². The smallest absolute Gasteiger partial charge is 0.0360 e. The molecule has 2 N–H and O–H groups in total. The highest BCUT2D eigenvalue weighted by Gasteiger charge is 2.44. The molecule has 1 heterocycles. The van der Waals surface area contributed by atoms with Gasteiger partial charge < -0.3 is 10.6 Å².